The van der Waals surface area contributed by atoms with E-state index in [4.69, 9.17) is 4.74 Å². The van der Waals surface area contributed by atoms with Crippen molar-refractivity contribution < 1.29 is 9.53 Å². The summed E-state index contributed by atoms with van der Waals surface area (Å²) in [5, 5.41) is 0. The molecular formula is C19H27NO2. The van der Waals surface area contributed by atoms with Gasteiger partial charge in [-0.15, -0.1) is 6.58 Å². The van der Waals surface area contributed by atoms with Gasteiger partial charge in [-0.1, -0.05) is 55.7 Å². The van der Waals surface area contributed by atoms with Crippen molar-refractivity contribution in [1.29, 1.82) is 0 Å². The number of allylic oxidation sites excluding steroid dienone is 1. The third kappa shape index (κ3) is 7.77. The molecule has 3 nitrogen and oxygen atoms in total. The molecule has 1 atom stereocenters. The first-order valence-corrected chi connectivity index (χ1v) is 8.13. The molecule has 1 aromatic carbocycles. The molecule has 0 spiro atoms. The Morgan fingerprint density at radius 3 is 2.64 bits per heavy atom. The lowest BCUT2D eigenvalue weighted by atomic mass is 10.1. The second-order valence-electron chi connectivity index (χ2n) is 5.24. The Morgan fingerprint density at radius 1 is 1.23 bits per heavy atom. The molecule has 1 unspecified atom stereocenters. The number of hydrogen-bond acceptors (Lipinski definition) is 3. The van der Waals surface area contributed by atoms with Gasteiger partial charge in [-0.2, -0.15) is 0 Å². The van der Waals surface area contributed by atoms with Gasteiger partial charge >= 0.3 is 5.97 Å². The van der Waals surface area contributed by atoms with Gasteiger partial charge in [-0.05, 0) is 31.7 Å². The molecule has 0 radical (unpaired) electrons. The van der Waals surface area contributed by atoms with Gasteiger partial charge in [0.15, 0.2) is 0 Å². The van der Waals surface area contributed by atoms with Crippen LogP contribution in [0.1, 0.15) is 51.0 Å². The Bertz CT molecular complexity index is 454. The first-order valence-electron chi connectivity index (χ1n) is 8.13. The lowest BCUT2D eigenvalue weighted by Crippen LogP contribution is -2.21. The zero-order valence-corrected chi connectivity index (χ0v) is 13.5. The lowest BCUT2D eigenvalue weighted by Gasteiger charge is -2.11. The molecule has 0 N–H and O–H groups in total. The Morgan fingerprint density at radius 2 is 1.95 bits per heavy atom. The maximum absolute atomic E-state index is 12.0. The average Bonchev–Trinajstić information content (AvgIpc) is 2.54. The van der Waals surface area contributed by atoms with Crippen LogP contribution in [-0.2, 0) is 9.53 Å². The topological polar surface area (TPSA) is 38.7 Å². The predicted octanol–water partition coefficient (Wildman–Crippen LogP) is 4.56. The van der Waals surface area contributed by atoms with E-state index in [9.17, 15) is 4.79 Å². The fourth-order valence-corrected chi connectivity index (χ4v) is 2.19. The first kappa shape index (κ1) is 18.1. The molecule has 0 aromatic heterocycles. The van der Waals surface area contributed by atoms with E-state index in [0.29, 0.717) is 6.61 Å². The zero-order chi connectivity index (χ0) is 16.0. The van der Waals surface area contributed by atoms with Crippen LogP contribution in [0.15, 0.2) is 48.0 Å². The molecule has 0 aliphatic heterocycles. The van der Waals surface area contributed by atoms with Crippen molar-refractivity contribution >= 4 is 12.2 Å². The van der Waals surface area contributed by atoms with Gasteiger partial charge in [0.2, 0.25) is 0 Å². The number of ether oxygens (including phenoxy) is 1. The van der Waals surface area contributed by atoms with Crippen molar-refractivity contribution in [3.63, 3.8) is 0 Å². The highest BCUT2D eigenvalue weighted by Gasteiger charge is 2.17. The smallest absolute Gasteiger partial charge is 0.330 e. The van der Waals surface area contributed by atoms with Crippen LogP contribution in [-0.4, -0.2) is 24.8 Å². The molecule has 0 aliphatic carbocycles. The summed E-state index contributed by atoms with van der Waals surface area (Å²) in [6.07, 6.45) is 9.97. The van der Waals surface area contributed by atoms with Crippen LogP contribution in [0.5, 0.6) is 0 Å². The van der Waals surface area contributed by atoms with Gasteiger partial charge in [0.1, 0.15) is 6.04 Å². The van der Waals surface area contributed by atoms with Crippen LogP contribution < -0.4 is 0 Å². The van der Waals surface area contributed by atoms with E-state index >= 15 is 0 Å². The normalized spacial score (nSPS) is 12.2. The largest absolute Gasteiger partial charge is 0.464 e. The van der Waals surface area contributed by atoms with Crippen molar-refractivity contribution in [2.75, 3.05) is 6.61 Å². The molecule has 0 heterocycles. The van der Waals surface area contributed by atoms with E-state index in [-0.39, 0.29) is 12.0 Å². The van der Waals surface area contributed by atoms with E-state index in [0.717, 1.165) is 31.2 Å². The fraction of sp³-hybridized carbons (Fsp3) is 0.474. The highest BCUT2D eigenvalue weighted by Crippen LogP contribution is 2.11. The number of benzene rings is 1. The molecule has 1 rings (SSSR count). The molecule has 22 heavy (non-hydrogen) atoms. The number of esters is 1. The Kier molecular flexibility index (Phi) is 9.67. The first-order chi connectivity index (χ1) is 10.8. The second kappa shape index (κ2) is 11.7. The highest BCUT2D eigenvalue weighted by molar-refractivity contribution is 5.83. The van der Waals surface area contributed by atoms with Crippen LogP contribution in [0.2, 0.25) is 0 Å². The van der Waals surface area contributed by atoms with Crippen molar-refractivity contribution in [3.05, 3.63) is 48.6 Å². The average molecular weight is 301 g/mol. The van der Waals surface area contributed by atoms with E-state index in [2.05, 4.69) is 11.6 Å². The van der Waals surface area contributed by atoms with Crippen LogP contribution in [0.4, 0.5) is 0 Å². The Hall–Kier alpha value is -1.90. The van der Waals surface area contributed by atoms with Crippen LogP contribution in [0.3, 0.4) is 0 Å². The minimum Gasteiger partial charge on any atom is -0.464 e. The van der Waals surface area contributed by atoms with Crippen molar-refractivity contribution in [1.82, 2.24) is 0 Å². The van der Waals surface area contributed by atoms with Crippen molar-refractivity contribution in [2.24, 2.45) is 4.99 Å². The molecule has 0 amide bonds. The van der Waals surface area contributed by atoms with E-state index in [1.54, 1.807) is 6.21 Å². The van der Waals surface area contributed by atoms with Crippen LogP contribution in [0, 0.1) is 0 Å². The van der Waals surface area contributed by atoms with Gasteiger partial charge in [0.25, 0.3) is 0 Å². The standard InChI is InChI=1S/C19H27NO2/c1-3-5-6-7-8-12-15-18(19(21)22-4-2)20-16-17-13-10-9-11-14-17/h3,9-11,13-14,16,18H,1,4-8,12,15H2,2H3. The number of carbonyl (C=O) groups excluding carboxylic acids is 1. The Labute approximate surface area is 134 Å². The summed E-state index contributed by atoms with van der Waals surface area (Å²) < 4.78 is 5.12. The third-order valence-corrected chi connectivity index (χ3v) is 3.40. The van der Waals surface area contributed by atoms with Gasteiger partial charge in [-0.3, -0.25) is 4.99 Å². The number of hydrogen-bond donors (Lipinski definition) is 0. The van der Waals surface area contributed by atoms with Crippen molar-refractivity contribution in [2.45, 2.75) is 51.5 Å². The van der Waals surface area contributed by atoms with E-state index in [1.807, 2.05) is 43.3 Å². The molecule has 120 valence electrons. The summed E-state index contributed by atoms with van der Waals surface area (Å²) in [7, 11) is 0. The molecule has 3 heteroatoms. The zero-order valence-electron chi connectivity index (χ0n) is 13.5. The summed E-state index contributed by atoms with van der Waals surface area (Å²) in [4.78, 5) is 16.4. The fourth-order valence-electron chi connectivity index (χ4n) is 2.19. The summed E-state index contributed by atoms with van der Waals surface area (Å²) in [6, 6.07) is 9.44. The summed E-state index contributed by atoms with van der Waals surface area (Å²) in [5.74, 6) is -0.222. The number of unbranched alkanes of at least 4 members (excludes halogenated alkanes) is 4. The third-order valence-electron chi connectivity index (χ3n) is 3.40. The Balaban J connectivity index is 2.47. The van der Waals surface area contributed by atoms with Gasteiger partial charge in [0.05, 0.1) is 6.61 Å². The molecule has 0 bridgehead atoms. The molecule has 0 saturated carbocycles. The molecule has 0 fully saturated rings. The van der Waals surface area contributed by atoms with E-state index < -0.39 is 0 Å². The van der Waals surface area contributed by atoms with Crippen LogP contribution in [0.25, 0.3) is 0 Å². The summed E-state index contributed by atoms with van der Waals surface area (Å²) >= 11 is 0. The number of carbonyl (C=O) groups is 1. The number of nitrogens with zero attached hydrogens (tertiary/aromatic N) is 1. The quantitative estimate of drug-likeness (QED) is 0.260. The predicted molar refractivity (Wildman–Crippen MR) is 92.4 cm³/mol. The van der Waals surface area contributed by atoms with Gasteiger partial charge < -0.3 is 4.74 Å². The summed E-state index contributed by atoms with van der Waals surface area (Å²) in [6.45, 7) is 5.95. The lowest BCUT2D eigenvalue weighted by molar-refractivity contribution is -0.144. The van der Waals surface area contributed by atoms with Gasteiger partial charge in [-0.25, -0.2) is 4.79 Å². The second-order valence-corrected chi connectivity index (χ2v) is 5.24. The molecular weight excluding hydrogens is 274 g/mol. The maximum atomic E-state index is 12.0. The number of rotatable bonds is 11. The van der Waals surface area contributed by atoms with Crippen LogP contribution >= 0.6 is 0 Å². The highest BCUT2D eigenvalue weighted by atomic mass is 16.5. The minimum absolute atomic E-state index is 0.222. The van der Waals surface area contributed by atoms with E-state index in [1.165, 1.54) is 12.8 Å². The monoisotopic (exact) mass is 301 g/mol. The molecule has 0 aliphatic rings. The molecule has 0 saturated heterocycles. The molecule has 1 aromatic rings. The maximum Gasteiger partial charge on any atom is 0.330 e. The SMILES string of the molecule is C=CCCCCCCC(N=Cc1ccccc1)C(=O)OCC. The van der Waals surface area contributed by atoms with Crippen molar-refractivity contribution in [3.8, 4) is 0 Å². The van der Waals surface area contributed by atoms with Gasteiger partial charge in [0, 0.05) is 6.21 Å². The minimum atomic E-state index is -0.389. The number of aliphatic imine (C=N–C) groups is 1. The summed E-state index contributed by atoms with van der Waals surface area (Å²) in [5.41, 5.74) is 1.00.